The molecule has 2 aromatic rings. The fourth-order valence-electron chi connectivity index (χ4n) is 3.64. The van der Waals surface area contributed by atoms with Crippen molar-refractivity contribution in [3.8, 4) is 5.75 Å². The maximum atomic E-state index is 14.8. The van der Waals surface area contributed by atoms with Gasteiger partial charge in [-0.15, -0.1) is 0 Å². The Bertz CT molecular complexity index is 1180. The number of nitrogens with zero attached hydrogens (tertiary/aromatic N) is 3. The molecular formula is C22H27F2N4O8P. The Balaban J connectivity index is 1.46. The highest BCUT2D eigenvalue weighted by Gasteiger charge is 2.60. The number of hydroxylamine groups is 1. The van der Waals surface area contributed by atoms with Crippen LogP contribution in [0.3, 0.4) is 0 Å². The molecule has 2 aliphatic rings. The molecule has 1 aliphatic carbocycles. The number of carbonyl (C=O) groups is 1. The molecule has 15 heteroatoms. The summed E-state index contributed by atoms with van der Waals surface area (Å²) in [5.74, 6) is -4.54. The zero-order valence-electron chi connectivity index (χ0n) is 19.7. The van der Waals surface area contributed by atoms with Crippen molar-refractivity contribution < 1.29 is 42.1 Å². The van der Waals surface area contributed by atoms with Crippen molar-refractivity contribution in [2.75, 3.05) is 12.3 Å². The van der Waals surface area contributed by atoms with E-state index in [9.17, 15) is 28.0 Å². The molecule has 1 saturated heterocycles. The number of hydrogen-bond donors (Lipinski definition) is 2. The summed E-state index contributed by atoms with van der Waals surface area (Å²) < 4.78 is 59.0. The number of halogens is 2. The van der Waals surface area contributed by atoms with Gasteiger partial charge in [-0.1, -0.05) is 23.0 Å². The van der Waals surface area contributed by atoms with Gasteiger partial charge >= 0.3 is 17.6 Å². The lowest BCUT2D eigenvalue weighted by Gasteiger charge is -2.30. The van der Waals surface area contributed by atoms with E-state index in [4.69, 9.17) is 24.6 Å². The van der Waals surface area contributed by atoms with Crippen molar-refractivity contribution in [2.24, 2.45) is 0 Å². The number of aliphatic hydroxyl groups is 1. The fourth-order valence-corrected chi connectivity index (χ4v) is 4.68. The Kier molecular flexibility index (Phi) is 8.24. The van der Waals surface area contributed by atoms with Gasteiger partial charge in [0.15, 0.2) is 6.10 Å². The Hall–Kier alpha value is -2.90. The molecule has 2 heterocycles. The lowest BCUT2D eigenvalue weighted by atomic mass is 9.96. The van der Waals surface area contributed by atoms with E-state index >= 15 is 0 Å². The highest BCUT2D eigenvalue weighted by atomic mass is 31.1. The third kappa shape index (κ3) is 5.99. The molecule has 2 fully saturated rings. The predicted molar refractivity (Wildman–Crippen MR) is 125 cm³/mol. The van der Waals surface area contributed by atoms with E-state index in [-0.39, 0.29) is 17.7 Å². The second kappa shape index (κ2) is 11.2. The highest BCUT2D eigenvalue weighted by molar-refractivity contribution is 7.36. The van der Waals surface area contributed by atoms with Gasteiger partial charge in [-0.2, -0.15) is 13.8 Å². The van der Waals surface area contributed by atoms with Crippen molar-refractivity contribution in [3.63, 3.8) is 0 Å². The summed E-state index contributed by atoms with van der Waals surface area (Å²) in [7, 11) is -3.41. The monoisotopic (exact) mass is 544 g/mol. The molecule has 12 nitrogen and oxygen atoms in total. The molecule has 1 saturated carbocycles. The van der Waals surface area contributed by atoms with Gasteiger partial charge in [0, 0.05) is 6.20 Å². The molecule has 3 N–H and O–H groups in total. The quantitative estimate of drug-likeness (QED) is 0.256. The molecule has 1 aliphatic heterocycles. The number of hydrogen-bond acceptors (Lipinski definition) is 10. The minimum absolute atomic E-state index is 0.176. The smallest absolute Gasteiger partial charge is 0.351 e. The Labute approximate surface area is 210 Å². The van der Waals surface area contributed by atoms with Gasteiger partial charge in [-0.05, 0) is 44.4 Å². The number of benzene rings is 1. The second-order valence-corrected chi connectivity index (χ2v) is 9.92. The van der Waals surface area contributed by atoms with E-state index < -0.39 is 56.8 Å². The average molecular weight is 544 g/mol. The van der Waals surface area contributed by atoms with Crippen molar-refractivity contribution in [2.45, 2.75) is 62.7 Å². The van der Waals surface area contributed by atoms with Crippen LogP contribution >= 0.6 is 8.18 Å². The van der Waals surface area contributed by atoms with Crippen LogP contribution in [0.2, 0.25) is 0 Å². The summed E-state index contributed by atoms with van der Waals surface area (Å²) >= 11 is 0. The number of aromatic nitrogens is 2. The number of anilines is 1. The second-order valence-electron chi connectivity index (χ2n) is 8.66. The molecule has 5 atom stereocenters. The van der Waals surface area contributed by atoms with Gasteiger partial charge in [0.2, 0.25) is 6.23 Å². The van der Waals surface area contributed by atoms with Crippen LogP contribution in [0.5, 0.6) is 5.75 Å². The maximum Gasteiger partial charge on any atom is 0.351 e. The molecule has 1 aromatic heterocycles. The highest BCUT2D eigenvalue weighted by Crippen LogP contribution is 2.43. The maximum absolute atomic E-state index is 14.8. The van der Waals surface area contributed by atoms with Crippen LogP contribution in [0.4, 0.5) is 14.6 Å². The summed E-state index contributed by atoms with van der Waals surface area (Å²) in [6.07, 6.45) is -3.16. The summed E-state index contributed by atoms with van der Waals surface area (Å²) in [6.45, 7) is 0.642. The zero-order valence-corrected chi connectivity index (χ0v) is 20.7. The van der Waals surface area contributed by atoms with E-state index in [1.807, 2.05) is 0 Å². The van der Waals surface area contributed by atoms with Crippen LogP contribution in [-0.2, 0) is 23.4 Å². The van der Waals surface area contributed by atoms with Crippen LogP contribution in [0.25, 0.3) is 0 Å². The van der Waals surface area contributed by atoms with Gasteiger partial charge in [0.05, 0.1) is 6.61 Å². The zero-order chi connectivity index (χ0) is 26.7. The minimum Gasteiger partial charge on any atom is -0.461 e. The van der Waals surface area contributed by atoms with Crippen molar-refractivity contribution in [1.82, 2.24) is 14.4 Å². The minimum atomic E-state index is -3.91. The molecule has 1 aromatic carbocycles. The topological polar surface area (TPSA) is 155 Å². The van der Waals surface area contributed by atoms with E-state index in [0.29, 0.717) is 4.57 Å². The molecular weight excluding hydrogens is 517 g/mol. The lowest BCUT2D eigenvalue weighted by molar-refractivity contribution is -0.164. The Morgan fingerprint density at radius 1 is 1.35 bits per heavy atom. The molecule has 37 heavy (non-hydrogen) atoms. The van der Waals surface area contributed by atoms with Gasteiger partial charge in [-0.3, -0.25) is 13.9 Å². The fraction of sp³-hybridized carbons (Fsp3) is 0.500. The molecule has 0 radical (unpaired) electrons. The van der Waals surface area contributed by atoms with E-state index in [1.165, 1.54) is 6.92 Å². The Morgan fingerprint density at radius 2 is 2.05 bits per heavy atom. The lowest BCUT2D eigenvalue weighted by Crippen LogP contribution is -2.42. The SMILES string of the molecule is CC(C(=O)OC1CCC1)N(Oc1ccccc1)[PH](=O)OC[C@H]1O[C@@H](n2ccc(N)nc2=O)C(F)(F)[C@@H]1O. The Morgan fingerprint density at radius 3 is 2.68 bits per heavy atom. The molecule has 202 valence electrons. The van der Waals surface area contributed by atoms with Crippen LogP contribution in [0, 0.1) is 0 Å². The van der Waals surface area contributed by atoms with Crippen molar-refractivity contribution in [3.05, 3.63) is 53.1 Å². The molecule has 4 rings (SSSR count). The van der Waals surface area contributed by atoms with E-state index in [2.05, 4.69) is 4.98 Å². The number of para-hydroxylation sites is 1. The van der Waals surface area contributed by atoms with Gasteiger partial charge < -0.3 is 29.7 Å². The van der Waals surface area contributed by atoms with Gasteiger partial charge in [-0.25, -0.2) is 4.79 Å². The van der Waals surface area contributed by atoms with Crippen molar-refractivity contribution in [1.29, 1.82) is 0 Å². The number of esters is 1. The number of ether oxygens (including phenoxy) is 2. The third-order valence-electron chi connectivity index (χ3n) is 6.01. The van der Waals surface area contributed by atoms with Crippen LogP contribution in [0.1, 0.15) is 32.4 Å². The predicted octanol–water partition coefficient (Wildman–Crippen LogP) is 1.91. The first kappa shape index (κ1) is 27.1. The third-order valence-corrected chi connectivity index (χ3v) is 7.26. The van der Waals surface area contributed by atoms with Crippen LogP contribution in [0.15, 0.2) is 47.4 Å². The summed E-state index contributed by atoms with van der Waals surface area (Å²) in [5.41, 5.74) is 4.29. The van der Waals surface area contributed by atoms with Crippen LogP contribution in [-0.4, -0.2) is 62.3 Å². The van der Waals surface area contributed by atoms with E-state index in [1.54, 1.807) is 30.3 Å². The number of rotatable bonds is 10. The average Bonchev–Trinajstić information content (AvgIpc) is 3.06. The number of aliphatic hydroxyl groups excluding tert-OH is 1. The summed E-state index contributed by atoms with van der Waals surface area (Å²) in [4.78, 5) is 34.4. The number of nitrogens with two attached hydrogens (primary N) is 1. The number of nitrogen functional groups attached to an aromatic ring is 1. The van der Waals surface area contributed by atoms with Gasteiger partial charge in [0.1, 0.15) is 29.8 Å². The van der Waals surface area contributed by atoms with E-state index in [0.717, 1.165) is 36.4 Å². The first-order valence-electron chi connectivity index (χ1n) is 11.5. The first-order chi connectivity index (χ1) is 17.6. The van der Waals surface area contributed by atoms with Crippen LogP contribution < -0.4 is 16.3 Å². The first-order valence-corrected chi connectivity index (χ1v) is 12.8. The summed E-state index contributed by atoms with van der Waals surface area (Å²) in [6, 6.07) is 8.10. The molecule has 0 spiro atoms. The standard InChI is InChI=1S/C22H27F2N4O8P/c1-13(19(30)34-14-8-5-9-14)28(36-15-6-3-2-4-7-15)37(32)33-12-16-18(29)22(23,24)20(35-16)27-11-10-17(25)26-21(27)31/h2-4,6-7,10-11,13-14,16,18,20,29,37H,5,8-9,12H2,1H3,(H2,25,26,31)/t13?,16-,18-,20-/m1/s1. The van der Waals surface area contributed by atoms with Gasteiger partial charge in [0.25, 0.3) is 8.18 Å². The number of alkyl halides is 2. The molecule has 0 amide bonds. The molecule has 0 bridgehead atoms. The summed E-state index contributed by atoms with van der Waals surface area (Å²) in [5, 5.41) is 10.2. The normalized spacial score (nSPS) is 24.8. The largest absolute Gasteiger partial charge is 0.461 e. The van der Waals surface area contributed by atoms with Crippen molar-refractivity contribution >= 4 is 20.0 Å². The number of carbonyl (C=O) groups excluding carboxylic acids is 1. The molecule has 2 unspecified atom stereocenters.